The number of Topliss-reactive ketones (excluding diaryl/α,β-unsaturated/α-hetero) is 2. The van der Waals surface area contributed by atoms with Crippen LogP contribution in [0.3, 0.4) is 0 Å². The number of carbonyl (C=O) groups is 3. The van der Waals surface area contributed by atoms with Gasteiger partial charge in [-0.2, -0.15) is 0 Å². The van der Waals surface area contributed by atoms with Crippen LogP contribution in [-0.2, 0) is 19.1 Å². The molecule has 0 aromatic heterocycles. The lowest BCUT2D eigenvalue weighted by Crippen LogP contribution is -2.57. The van der Waals surface area contributed by atoms with Crippen molar-refractivity contribution in [1.29, 1.82) is 0 Å². The van der Waals surface area contributed by atoms with Gasteiger partial charge in [0.05, 0.1) is 13.0 Å². The van der Waals surface area contributed by atoms with Crippen molar-refractivity contribution in [1.82, 2.24) is 0 Å². The van der Waals surface area contributed by atoms with E-state index in [1.54, 1.807) is 0 Å². The van der Waals surface area contributed by atoms with Gasteiger partial charge in [0.15, 0.2) is 0 Å². The van der Waals surface area contributed by atoms with Crippen LogP contribution in [0.2, 0.25) is 0 Å². The Morgan fingerprint density at radius 2 is 1.81 bits per heavy atom. The van der Waals surface area contributed by atoms with E-state index in [0.29, 0.717) is 48.1 Å². The molecule has 0 radical (unpaired) electrons. The zero-order valence-corrected chi connectivity index (χ0v) is 17.3. The lowest BCUT2D eigenvalue weighted by molar-refractivity contribution is -0.162. The average Bonchev–Trinajstić information content (AvgIpc) is 3.01. The highest BCUT2D eigenvalue weighted by molar-refractivity contribution is 5.88. The molecule has 0 N–H and O–H groups in total. The van der Waals surface area contributed by atoms with E-state index in [9.17, 15) is 14.4 Å². The van der Waals surface area contributed by atoms with Crippen molar-refractivity contribution in [3.63, 3.8) is 0 Å². The zero-order chi connectivity index (χ0) is 19.6. The van der Waals surface area contributed by atoms with E-state index in [1.807, 2.05) is 6.92 Å². The molecule has 27 heavy (non-hydrogen) atoms. The van der Waals surface area contributed by atoms with Gasteiger partial charge in [-0.15, -0.1) is 0 Å². The molecule has 4 heteroatoms. The summed E-state index contributed by atoms with van der Waals surface area (Å²) in [5.41, 5.74) is -0.248. The highest BCUT2D eigenvalue weighted by atomic mass is 16.5. The Morgan fingerprint density at radius 1 is 1.07 bits per heavy atom. The predicted octanol–water partition coefficient (Wildman–Crippen LogP) is 4.20. The molecule has 0 aromatic carbocycles. The number of hydrogen-bond acceptors (Lipinski definition) is 4. The summed E-state index contributed by atoms with van der Waals surface area (Å²) in [6, 6.07) is 0. The van der Waals surface area contributed by atoms with E-state index in [-0.39, 0.29) is 28.6 Å². The van der Waals surface area contributed by atoms with Crippen molar-refractivity contribution in [3.8, 4) is 0 Å². The normalized spacial score (nSPS) is 47.6. The van der Waals surface area contributed by atoms with Crippen molar-refractivity contribution in [2.45, 2.75) is 72.1 Å². The van der Waals surface area contributed by atoms with Gasteiger partial charge >= 0.3 is 5.97 Å². The summed E-state index contributed by atoms with van der Waals surface area (Å²) in [5.74, 6) is 2.31. The summed E-state index contributed by atoms with van der Waals surface area (Å²) >= 11 is 0. The summed E-state index contributed by atoms with van der Waals surface area (Å²) in [4.78, 5) is 37.8. The molecule has 4 fully saturated rings. The molecule has 0 saturated heterocycles. The third kappa shape index (κ3) is 2.57. The van der Waals surface area contributed by atoms with Gasteiger partial charge in [0.25, 0.3) is 0 Å². The first-order chi connectivity index (χ1) is 12.7. The second kappa shape index (κ2) is 6.42. The zero-order valence-electron chi connectivity index (χ0n) is 17.3. The monoisotopic (exact) mass is 374 g/mol. The largest absolute Gasteiger partial charge is 0.469 e. The highest BCUT2D eigenvalue weighted by Gasteiger charge is 2.64. The van der Waals surface area contributed by atoms with Crippen LogP contribution in [-0.4, -0.2) is 24.6 Å². The van der Waals surface area contributed by atoms with Crippen molar-refractivity contribution >= 4 is 17.5 Å². The predicted molar refractivity (Wildman–Crippen MR) is 102 cm³/mol. The maximum Gasteiger partial charge on any atom is 0.308 e. The second-order valence-corrected chi connectivity index (χ2v) is 10.3. The first kappa shape index (κ1) is 19.1. The molecular weight excluding hydrogens is 340 g/mol. The number of ketones is 2. The molecule has 0 spiro atoms. The van der Waals surface area contributed by atoms with Crippen LogP contribution in [0.25, 0.3) is 0 Å². The maximum atomic E-state index is 13.5. The molecule has 0 aliphatic heterocycles. The number of ether oxygens (including phenoxy) is 1. The number of methoxy groups -OCH3 is 1. The molecule has 4 aliphatic carbocycles. The number of hydrogen-bond donors (Lipinski definition) is 0. The maximum absolute atomic E-state index is 13.5. The molecule has 0 aromatic rings. The smallest absolute Gasteiger partial charge is 0.308 e. The number of carbonyl (C=O) groups excluding carboxylic acids is 3. The van der Waals surface area contributed by atoms with Crippen LogP contribution in [0.4, 0.5) is 0 Å². The minimum Gasteiger partial charge on any atom is -0.469 e. The third-order valence-corrected chi connectivity index (χ3v) is 9.59. The minimum absolute atomic E-state index is 0.0989. The van der Waals surface area contributed by atoms with E-state index in [4.69, 9.17) is 4.74 Å². The van der Waals surface area contributed by atoms with Crippen LogP contribution in [0.1, 0.15) is 72.1 Å². The molecule has 4 rings (SSSR count). The molecule has 0 bridgehead atoms. The Kier molecular flexibility index (Phi) is 4.55. The van der Waals surface area contributed by atoms with Crippen molar-refractivity contribution in [3.05, 3.63) is 0 Å². The Morgan fingerprint density at radius 3 is 2.52 bits per heavy atom. The van der Waals surface area contributed by atoms with E-state index < -0.39 is 0 Å². The van der Waals surface area contributed by atoms with E-state index in [0.717, 1.165) is 38.5 Å². The van der Waals surface area contributed by atoms with E-state index in [1.165, 1.54) is 7.11 Å². The SMILES string of the molecule is COC(=O)[C@@H](C)[C@H]1CC[C@H]2[C@@H]3CC[C@@H]4CC(=O)CC[C@]4(C)[C@H]3CC(=O)[C@]12C. The van der Waals surface area contributed by atoms with Crippen LogP contribution in [0, 0.1) is 46.3 Å². The van der Waals surface area contributed by atoms with Crippen molar-refractivity contribution in [2.24, 2.45) is 46.3 Å². The van der Waals surface area contributed by atoms with Gasteiger partial charge in [0, 0.05) is 24.7 Å². The molecule has 4 aliphatic rings. The summed E-state index contributed by atoms with van der Waals surface area (Å²) in [7, 11) is 1.44. The fourth-order valence-electron chi connectivity index (χ4n) is 7.94. The number of fused-ring (bicyclic) bond motifs is 5. The van der Waals surface area contributed by atoms with Gasteiger partial charge in [-0.3, -0.25) is 14.4 Å². The molecule has 0 unspecified atom stereocenters. The molecule has 4 saturated carbocycles. The van der Waals surface area contributed by atoms with Crippen molar-refractivity contribution in [2.75, 3.05) is 7.11 Å². The Bertz CT molecular complexity index is 669. The molecular formula is C23H34O4. The number of esters is 1. The van der Waals surface area contributed by atoms with E-state index in [2.05, 4.69) is 13.8 Å². The summed E-state index contributed by atoms with van der Waals surface area (Å²) in [6.45, 7) is 6.45. The Hall–Kier alpha value is -1.19. The lowest BCUT2D eigenvalue weighted by Gasteiger charge is -2.59. The molecule has 0 heterocycles. The van der Waals surface area contributed by atoms with Gasteiger partial charge in [-0.05, 0) is 67.1 Å². The topological polar surface area (TPSA) is 60.4 Å². The van der Waals surface area contributed by atoms with Crippen molar-refractivity contribution < 1.29 is 19.1 Å². The van der Waals surface area contributed by atoms with Crippen LogP contribution in [0.5, 0.6) is 0 Å². The molecule has 0 amide bonds. The fraction of sp³-hybridized carbons (Fsp3) is 0.870. The Balaban J connectivity index is 1.64. The number of rotatable bonds is 2. The summed E-state index contributed by atoms with van der Waals surface area (Å²) in [5, 5.41) is 0. The second-order valence-electron chi connectivity index (χ2n) is 10.3. The molecule has 4 nitrogen and oxygen atoms in total. The first-order valence-electron chi connectivity index (χ1n) is 10.9. The first-order valence-corrected chi connectivity index (χ1v) is 10.9. The molecule has 8 atom stereocenters. The average molecular weight is 375 g/mol. The summed E-state index contributed by atoms with van der Waals surface area (Å²) in [6.07, 6.45) is 7.28. The quantitative estimate of drug-likeness (QED) is 0.680. The third-order valence-electron chi connectivity index (χ3n) is 9.59. The van der Waals surface area contributed by atoms with Gasteiger partial charge < -0.3 is 4.74 Å². The molecule has 150 valence electrons. The highest BCUT2D eigenvalue weighted by Crippen LogP contribution is 2.66. The Labute approximate surface area is 162 Å². The van der Waals surface area contributed by atoms with Crippen LogP contribution < -0.4 is 0 Å². The van der Waals surface area contributed by atoms with Crippen LogP contribution in [0.15, 0.2) is 0 Å². The van der Waals surface area contributed by atoms with Gasteiger partial charge in [0.2, 0.25) is 0 Å². The van der Waals surface area contributed by atoms with Crippen LogP contribution >= 0.6 is 0 Å². The van der Waals surface area contributed by atoms with Gasteiger partial charge in [-0.25, -0.2) is 0 Å². The fourth-order valence-corrected chi connectivity index (χ4v) is 7.94. The minimum atomic E-state index is -0.386. The van der Waals surface area contributed by atoms with E-state index >= 15 is 0 Å². The van der Waals surface area contributed by atoms with Gasteiger partial charge in [0.1, 0.15) is 11.6 Å². The summed E-state index contributed by atoms with van der Waals surface area (Å²) < 4.78 is 5.01. The van der Waals surface area contributed by atoms with Gasteiger partial charge in [-0.1, -0.05) is 20.8 Å². The lowest BCUT2D eigenvalue weighted by atomic mass is 9.44. The standard InChI is InChI=1S/C23H34O4/c1-13(21(26)27-4)17-7-8-18-16-6-5-14-11-15(24)9-10-22(14,2)19(16)12-20(25)23(17,18)3/h13-14,16-19H,5-12H2,1-4H3/t13-,14+,16-,17+,18-,19-,22-,23+/m0/s1.